The number of nitro groups is 1. The summed E-state index contributed by atoms with van der Waals surface area (Å²) in [7, 11) is 1.52. The number of rotatable bonds is 9. The van der Waals surface area contributed by atoms with Gasteiger partial charge in [0, 0.05) is 25.0 Å². The molecule has 1 fully saturated rings. The predicted molar refractivity (Wildman–Crippen MR) is 122 cm³/mol. The highest BCUT2D eigenvalue weighted by Crippen LogP contribution is 2.36. The fourth-order valence-corrected chi connectivity index (χ4v) is 3.70. The minimum absolute atomic E-state index is 0.0509. The first kappa shape index (κ1) is 21.8. The van der Waals surface area contributed by atoms with Crippen LogP contribution in [0.4, 0.5) is 5.69 Å². The highest BCUT2D eigenvalue weighted by molar-refractivity contribution is 5.90. The number of benzene rings is 2. The number of nitro benzene ring substituents is 1. The van der Waals surface area contributed by atoms with E-state index in [1.807, 2.05) is 24.3 Å². The number of nitrogens with zero attached hydrogens (tertiary/aromatic N) is 3. The summed E-state index contributed by atoms with van der Waals surface area (Å²) in [6.45, 7) is 4.68. The molecule has 0 unspecified atom stereocenters. The van der Waals surface area contributed by atoms with Crippen molar-refractivity contribution in [3.63, 3.8) is 0 Å². The van der Waals surface area contributed by atoms with Crippen LogP contribution >= 0.6 is 0 Å². The van der Waals surface area contributed by atoms with Crippen molar-refractivity contribution in [2.45, 2.75) is 6.42 Å². The Kier molecular flexibility index (Phi) is 6.98. The monoisotopic (exact) mass is 438 g/mol. The van der Waals surface area contributed by atoms with E-state index in [2.05, 4.69) is 15.1 Å². The normalized spacial score (nSPS) is 14.8. The van der Waals surface area contributed by atoms with Crippen LogP contribution in [0.1, 0.15) is 17.7 Å². The fourth-order valence-electron chi connectivity index (χ4n) is 3.70. The molecule has 1 aliphatic heterocycles. The van der Waals surface area contributed by atoms with Crippen LogP contribution in [0.2, 0.25) is 0 Å². The summed E-state index contributed by atoms with van der Waals surface area (Å²) in [5, 5.41) is 19.9. The zero-order chi connectivity index (χ0) is 22.3. The van der Waals surface area contributed by atoms with Crippen LogP contribution in [0.25, 0.3) is 23.1 Å². The molecule has 0 spiro atoms. The maximum absolute atomic E-state index is 11.7. The Labute approximate surface area is 185 Å². The van der Waals surface area contributed by atoms with Gasteiger partial charge in [-0.15, -0.1) is 0 Å². The van der Waals surface area contributed by atoms with E-state index >= 15 is 0 Å². The molecule has 1 saturated heterocycles. The average Bonchev–Trinajstić information content (AvgIpc) is 3.24. The maximum atomic E-state index is 11.7. The summed E-state index contributed by atoms with van der Waals surface area (Å²) >= 11 is 0. The molecule has 2 aromatic carbocycles. The first-order chi connectivity index (χ1) is 15.7. The molecule has 9 heteroatoms. The highest BCUT2D eigenvalue weighted by Gasteiger charge is 2.19. The number of hydrogen-bond acceptors (Lipinski definition) is 7. The second-order valence-corrected chi connectivity index (χ2v) is 7.46. The van der Waals surface area contributed by atoms with Gasteiger partial charge in [-0.1, -0.05) is 18.2 Å². The largest absolute Gasteiger partial charge is 0.493 e. The molecule has 9 nitrogen and oxygen atoms in total. The van der Waals surface area contributed by atoms with Gasteiger partial charge in [-0.3, -0.25) is 20.1 Å². The number of hydrogen-bond donors (Lipinski definition) is 1. The van der Waals surface area contributed by atoms with Gasteiger partial charge in [-0.25, -0.2) is 0 Å². The number of nitrogens with one attached hydrogen (secondary N) is 1. The van der Waals surface area contributed by atoms with Crippen molar-refractivity contribution in [3.05, 3.63) is 57.8 Å². The van der Waals surface area contributed by atoms with Crippen molar-refractivity contribution in [3.8, 4) is 11.5 Å². The van der Waals surface area contributed by atoms with E-state index in [1.165, 1.54) is 13.2 Å². The molecule has 0 bridgehead atoms. The van der Waals surface area contributed by atoms with E-state index in [9.17, 15) is 10.1 Å². The van der Waals surface area contributed by atoms with Gasteiger partial charge in [0.15, 0.2) is 11.5 Å². The quantitative estimate of drug-likeness (QED) is 0.308. The van der Waals surface area contributed by atoms with E-state index in [4.69, 9.17) is 14.2 Å². The lowest BCUT2D eigenvalue weighted by atomic mass is 10.1. The Morgan fingerprint density at radius 3 is 2.81 bits per heavy atom. The summed E-state index contributed by atoms with van der Waals surface area (Å²) < 4.78 is 16.6. The number of morpholine rings is 1. The molecule has 0 aliphatic carbocycles. The van der Waals surface area contributed by atoms with Crippen molar-refractivity contribution in [1.29, 1.82) is 0 Å². The molecular weight excluding hydrogens is 412 g/mol. The van der Waals surface area contributed by atoms with Crippen molar-refractivity contribution in [1.82, 2.24) is 15.1 Å². The van der Waals surface area contributed by atoms with Crippen LogP contribution in [0.3, 0.4) is 0 Å². The van der Waals surface area contributed by atoms with E-state index in [1.54, 1.807) is 18.2 Å². The summed E-state index contributed by atoms with van der Waals surface area (Å²) in [5.74, 6) is 0.817. The molecule has 0 atom stereocenters. The molecule has 1 aromatic heterocycles. The summed E-state index contributed by atoms with van der Waals surface area (Å²) in [4.78, 5) is 13.6. The van der Waals surface area contributed by atoms with Gasteiger partial charge in [-0.05, 0) is 30.7 Å². The van der Waals surface area contributed by atoms with E-state index < -0.39 is 4.92 Å². The van der Waals surface area contributed by atoms with Gasteiger partial charge in [0.05, 0.1) is 54.7 Å². The summed E-state index contributed by atoms with van der Waals surface area (Å²) in [5.41, 5.74) is 1.97. The molecule has 4 rings (SSSR count). The average molecular weight is 438 g/mol. The minimum atomic E-state index is -0.414. The molecule has 1 N–H and O–H groups in total. The van der Waals surface area contributed by atoms with Gasteiger partial charge < -0.3 is 14.2 Å². The van der Waals surface area contributed by atoms with Gasteiger partial charge in [0.25, 0.3) is 5.69 Å². The summed E-state index contributed by atoms with van der Waals surface area (Å²) in [6, 6.07) is 10.8. The third kappa shape index (κ3) is 5.06. The maximum Gasteiger partial charge on any atom is 0.280 e. The Balaban J connectivity index is 1.49. The predicted octanol–water partition coefficient (Wildman–Crippen LogP) is 3.75. The molecule has 0 amide bonds. The van der Waals surface area contributed by atoms with E-state index in [0.29, 0.717) is 29.4 Å². The Hall–Kier alpha value is -3.43. The number of aromatic amines is 1. The Morgan fingerprint density at radius 1 is 1.22 bits per heavy atom. The number of aromatic nitrogens is 2. The van der Waals surface area contributed by atoms with Gasteiger partial charge in [0.2, 0.25) is 0 Å². The number of ether oxygens (including phenoxy) is 3. The highest BCUT2D eigenvalue weighted by atomic mass is 16.6. The lowest BCUT2D eigenvalue weighted by Gasteiger charge is -2.26. The van der Waals surface area contributed by atoms with Crippen molar-refractivity contribution >= 4 is 28.7 Å². The van der Waals surface area contributed by atoms with Crippen molar-refractivity contribution in [2.24, 2.45) is 0 Å². The van der Waals surface area contributed by atoms with Crippen LogP contribution in [0.15, 0.2) is 36.4 Å². The molecule has 32 heavy (non-hydrogen) atoms. The number of para-hydroxylation sites is 1. The fraction of sp³-hybridized carbons (Fsp3) is 0.348. The van der Waals surface area contributed by atoms with Crippen LogP contribution in [0.5, 0.6) is 11.5 Å². The van der Waals surface area contributed by atoms with Crippen LogP contribution in [-0.4, -0.2) is 66.6 Å². The second kappa shape index (κ2) is 10.3. The van der Waals surface area contributed by atoms with Crippen molar-refractivity contribution in [2.75, 3.05) is 46.6 Å². The molecule has 0 saturated carbocycles. The van der Waals surface area contributed by atoms with Gasteiger partial charge in [0.1, 0.15) is 0 Å². The topological polar surface area (TPSA) is 103 Å². The number of fused-ring (bicyclic) bond motifs is 1. The lowest BCUT2D eigenvalue weighted by molar-refractivity contribution is -0.385. The zero-order valence-electron chi connectivity index (χ0n) is 18.0. The second-order valence-electron chi connectivity index (χ2n) is 7.46. The van der Waals surface area contributed by atoms with E-state index in [0.717, 1.165) is 50.2 Å². The van der Waals surface area contributed by atoms with Crippen LogP contribution < -0.4 is 9.47 Å². The third-order valence-electron chi connectivity index (χ3n) is 5.41. The molecular formula is C23H26N4O5. The first-order valence-electron chi connectivity index (χ1n) is 10.6. The zero-order valence-corrected chi connectivity index (χ0v) is 18.0. The molecule has 168 valence electrons. The lowest BCUT2D eigenvalue weighted by Crippen LogP contribution is -2.37. The number of H-pyrrole nitrogens is 1. The van der Waals surface area contributed by atoms with Gasteiger partial charge in [-0.2, -0.15) is 5.10 Å². The standard InChI is InChI=1S/C23H26N4O5/c1-30-22-15-17(7-8-20-18-5-2-3-6-19(18)24-25-20)21(27(28)29)16-23(22)32-12-4-9-26-10-13-31-14-11-26/h2-3,5-8,15-16H,4,9-14H2,1H3,(H,24,25). The van der Waals surface area contributed by atoms with Crippen LogP contribution in [0, 0.1) is 10.1 Å². The van der Waals surface area contributed by atoms with Crippen molar-refractivity contribution < 1.29 is 19.1 Å². The molecule has 3 aromatic rings. The van der Waals surface area contributed by atoms with Gasteiger partial charge >= 0.3 is 0 Å². The molecule has 0 radical (unpaired) electrons. The Morgan fingerprint density at radius 2 is 2.03 bits per heavy atom. The molecule has 1 aliphatic rings. The third-order valence-corrected chi connectivity index (χ3v) is 5.41. The smallest absolute Gasteiger partial charge is 0.280 e. The Bertz CT molecular complexity index is 1100. The van der Waals surface area contributed by atoms with E-state index in [-0.39, 0.29) is 5.69 Å². The number of methoxy groups -OCH3 is 1. The SMILES string of the molecule is COc1cc(C=Cc2n[nH]c3ccccc23)c([N+](=O)[O-])cc1OCCCN1CCOCC1. The summed E-state index contributed by atoms with van der Waals surface area (Å²) in [6.07, 6.45) is 4.24. The minimum Gasteiger partial charge on any atom is -0.493 e. The first-order valence-corrected chi connectivity index (χ1v) is 10.6. The van der Waals surface area contributed by atoms with Crippen LogP contribution in [-0.2, 0) is 4.74 Å². The molecule has 2 heterocycles.